The van der Waals surface area contributed by atoms with Gasteiger partial charge in [0.25, 0.3) is 0 Å². The van der Waals surface area contributed by atoms with Gasteiger partial charge >= 0.3 is 0 Å². The monoisotopic (exact) mass is 231 g/mol. The summed E-state index contributed by atoms with van der Waals surface area (Å²) in [7, 11) is 0. The molecule has 0 spiro atoms. The molecule has 4 heteroatoms. The fraction of sp³-hybridized carbons (Fsp3) is 0.154. The van der Waals surface area contributed by atoms with Crippen molar-refractivity contribution in [3.05, 3.63) is 65.2 Å². The van der Waals surface area contributed by atoms with Crippen molar-refractivity contribution in [2.24, 2.45) is 5.84 Å². The number of aromatic nitrogens is 1. The molecule has 0 saturated heterocycles. The van der Waals surface area contributed by atoms with Crippen LogP contribution in [0.5, 0.6) is 0 Å². The maximum absolute atomic E-state index is 13.2. The Morgan fingerprint density at radius 3 is 2.76 bits per heavy atom. The molecule has 0 bridgehead atoms. The molecule has 88 valence electrons. The number of hydrogen-bond donors (Lipinski definition) is 2. The summed E-state index contributed by atoms with van der Waals surface area (Å²) in [5.41, 5.74) is 5.28. The zero-order chi connectivity index (χ0) is 12.3. The minimum absolute atomic E-state index is 0.282. The highest BCUT2D eigenvalue weighted by atomic mass is 19.1. The van der Waals surface area contributed by atoms with Gasteiger partial charge in [-0.2, -0.15) is 0 Å². The summed E-state index contributed by atoms with van der Waals surface area (Å²) in [4.78, 5) is 4.25. The predicted octanol–water partition coefficient (Wildman–Crippen LogP) is 2.08. The molecule has 0 saturated carbocycles. The van der Waals surface area contributed by atoms with Crippen LogP contribution in [0.2, 0.25) is 0 Å². The molecule has 3 nitrogen and oxygen atoms in total. The van der Waals surface area contributed by atoms with Gasteiger partial charge in [0.1, 0.15) is 5.82 Å². The van der Waals surface area contributed by atoms with Gasteiger partial charge in [-0.25, -0.2) is 9.82 Å². The van der Waals surface area contributed by atoms with Crippen LogP contribution in [0.25, 0.3) is 0 Å². The van der Waals surface area contributed by atoms with Crippen molar-refractivity contribution < 1.29 is 4.39 Å². The Balaban J connectivity index is 2.40. The number of nitrogens with two attached hydrogens (primary N) is 1. The highest BCUT2D eigenvalue weighted by molar-refractivity contribution is 5.29. The first-order valence-corrected chi connectivity index (χ1v) is 5.35. The number of hydrazine groups is 1. The Hall–Kier alpha value is -1.78. The molecule has 1 aromatic carbocycles. The Kier molecular flexibility index (Phi) is 3.46. The summed E-state index contributed by atoms with van der Waals surface area (Å²) < 4.78 is 13.2. The highest BCUT2D eigenvalue weighted by Gasteiger charge is 2.14. The molecule has 0 aliphatic heterocycles. The Morgan fingerprint density at radius 1 is 1.29 bits per heavy atom. The first kappa shape index (κ1) is 11.7. The van der Waals surface area contributed by atoms with Gasteiger partial charge in [-0.3, -0.25) is 10.8 Å². The van der Waals surface area contributed by atoms with Crippen LogP contribution < -0.4 is 11.3 Å². The van der Waals surface area contributed by atoms with Crippen molar-refractivity contribution in [3.63, 3.8) is 0 Å². The van der Waals surface area contributed by atoms with Crippen molar-refractivity contribution in [3.8, 4) is 0 Å². The molecular formula is C13H14FN3. The maximum atomic E-state index is 13.2. The van der Waals surface area contributed by atoms with Crippen LogP contribution in [0, 0.1) is 12.7 Å². The first-order valence-electron chi connectivity index (χ1n) is 5.35. The second kappa shape index (κ2) is 5.03. The average Bonchev–Trinajstić information content (AvgIpc) is 2.30. The smallest absolute Gasteiger partial charge is 0.123 e. The van der Waals surface area contributed by atoms with Crippen LogP contribution >= 0.6 is 0 Å². The molecule has 3 N–H and O–H groups in total. The standard InChI is InChI=1S/C13H14FN3/c1-9-5-6-16-12(7-9)13(17-15)10-3-2-4-11(14)8-10/h2-8,13,17H,15H2,1H3. The summed E-state index contributed by atoms with van der Waals surface area (Å²) in [6.07, 6.45) is 1.72. The SMILES string of the molecule is Cc1ccnc(C(NN)c2cccc(F)c2)c1. The molecule has 2 rings (SSSR count). The van der Waals surface area contributed by atoms with Gasteiger partial charge in [-0.1, -0.05) is 12.1 Å². The van der Waals surface area contributed by atoms with Gasteiger partial charge in [-0.05, 0) is 42.3 Å². The van der Waals surface area contributed by atoms with Crippen LogP contribution in [0.3, 0.4) is 0 Å². The number of aryl methyl sites for hydroxylation is 1. The van der Waals surface area contributed by atoms with Crippen molar-refractivity contribution >= 4 is 0 Å². The zero-order valence-corrected chi connectivity index (χ0v) is 9.52. The molecular weight excluding hydrogens is 217 g/mol. The topological polar surface area (TPSA) is 50.9 Å². The maximum Gasteiger partial charge on any atom is 0.123 e. The predicted molar refractivity (Wildman–Crippen MR) is 64.5 cm³/mol. The second-order valence-electron chi connectivity index (χ2n) is 3.91. The van der Waals surface area contributed by atoms with E-state index in [0.717, 1.165) is 16.8 Å². The molecule has 2 aromatic rings. The van der Waals surface area contributed by atoms with E-state index in [9.17, 15) is 4.39 Å². The number of benzene rings is 1. The van der Waals surface area contributed by atoms with Crippen LogP contribution in [0.4, 0.5) is 4.39 Å². The number of rotatable bonds is 3. The normalized spacial score (nSPS) is 12.4. The van der Waals surface area contributed by atoms with Gasteiger partial charge in [0.2, 0.25) is 0 Å². The number of nitrogens with one attached hydrogen (secondary N) is 1. The van der Waals surface area contributed by atoms with E-state index >= 15 is 0 Å². The lowest BCUT2D eigenvalue weighted by Crippen LogP contribution is -2.29. The minimum atomic E-state index is -0.300. The molecule has 0 aliphatic rings. The summed E-state index contributed by atoms with van der Waals surface area (Å²) in [6, 6.07) is 9.86. The lowest BCUT2D eigenvalue weighted by molar-refractivity contribution is 0.597. The lowest BCUT2D eigenvalue weighted by atomic mass is 10.0. The Labute approximate surface area is 99.5 Å². The van der Waals surface area contributed by atoms with E-state index in [1.54, 1.807) is 12.3 Å². The van der Waals surface area contributed by atoms with Gasteiger partial charge in [0, 0.05) is 6.20 Å². The third-order valence-electron chi connectivity index (χ3n) is 2.58. The summed E-state index contributed by atoms with van der Waals surface area (Å²) in [5.74, 6) is 5.24. The fourth-order valence-electron chi connectivity index (χ4n) is 1.76. The van der Waals surface area contributed by atoms with Crippen molar-refractivity contribution in [1.82, 2.24) is 10.4 Å². The van der Waals surface area contributed by atoms with Gasteiger partial charge in [0.15, 0.2) is 0 Å². The summed E-state index contributed by atoms with van der Waals surface area (Å²) in [6.45, 7) is 1.98. The summed E-state index contributed by atoms with van der Waals surface area (Å²) >= 11 is 0. The zero-order valence-electron chi connectivity index (χ0n) is 9.52. The Bertz CT molecular complexity index is 468. The van der Waals surface area contributed by atoms with Crippen molar-refractivity contribution in [1.29, 1.82) is 0 Å². The first-order chi connectivity index (χ1) is 8.20. The third-order valence-corrected chi connectivity index (χ3v) is 2.58. The largest absolute Gasteiger partial charge is 0.271 e. The van der Waals surface area contributed by atoms with E-state index in [1.165, 1.54) is 12.1 Å². The molecule has 1 unspecified atom stereocenters. The fourth-order valence-corrected chi connectivity index (χ4v) is 1.76. The number of halogens is 1. The van der Waals surface area contributed by atoms with Gasteiger partial charge < -0.3 is 0 Å². The Morgan fingerprint density at radius 2 is 2.12 bits per heavy atom. The molecule has 0 radical (unpaired) electrons. The molecule has 0 aliphatic carbocycles. The molecule has 0 fully saturated rings. The summed E-state index contributed by atoms with van der Waals surface area (Å²) in [5, 5.41) is 0. The molecule has 1 heterocycles. The van der Waals surface area contributed by atoms with Crippen LogP contribution in [-0.4, -0.2) is 4.98 Å². The van der Waals surface area contributed by atoms with E-state index in [-0.39, 0.29) is 11.9 Å². The van der Waals surface area contributed by atoms with Crippen LogP contribution in [-0.2, 0) is 0 Å². The average molecular weight is 231 g/mol. The van der Waals surface area contributed by atoms with Crippen LogP contribution in [0.15, 0.2) is 42.6 Å². The van der Waals surface area contributed by atoms with E-state index in [2.05, 4.69) is 10.4 Å². The lowest BCUT2D eigenvalue weighted by Gasteiger charge is -2.16. The van der Waals surface area contributed by atoms with Crippen LogP contribution in [0.1, 0.15) is 22.9 Å². The molecule has 0 amide bonds. The van der Waals surface area contributed by atoms with E-state index in [1.807, 2.05) is 25.1 Å². The van der Waals surface area contributed by atoms with Crippen molar-refractivity contribution in [2.45, 2.75) is 13.0 Å². The van der Waals surface area contributed by atoms with E-state index in [0.29, 0.717) is 0 Å². The van der Waals surface area contributed by atoms with Crippen molar-refractivity contribution in [2.75, 3.05) is 0 Å². The minimum Gasteiger partial charge on any atom is -0.271 e. The number of pyridine rings is 1. The molecule has 1 aromatic heterocycles. The third kappa shape index (κ3) is 2.67. The second-order valence-corrected chi connectivity index (χ2v) is 3.91. The quantitative estimate of drug-likeness (QED) is 0.628. The molecule has 1 atom stereocenters. The highest BCUT2D eigenvalue weighted by Crippen LogP contribution is 2.20. The van der Waals surface area contributed by atoms with Gasteiger partial charge in [0.05, 0.1) is 11.7 Å². The number of nitrogens with zero attached hydrogens (tertiary/aromatic N) is 1. The van der Waals surface area contributed by atoms with E-state index in [4.69, 9.17) is 5.84 Å². The van der Waals surface area contributed by atoms with E-state index < -0.39 is 0 Å². The molecule has 17 heavy (non-hydrogen) atoms. The van der Waals surface area contributed by atoms with Gasteiger partial charge in [-0.15, -0.1) is 0 Å². The number of hydrogen-bond acceptors (Lipinski definition) is 3.